The lowest BCUT2D eigenvalue weighted by Gasteiger charge is -2.22. The van der Waals surface area contributed by atoms with E-state index in [4.69, 9.17) is 16.3 Å². The fraction of sp³-hybridized carbons (Fsp3) is 0.357. The van der Waals surface area contributed by atoms with Crippen molar-refractivity contribution in [1.29, 1.82) is 0 Å². The molecule has 0 aliphatic heterocycles. The van der Waals surface area contributed by atoms with Crippen molar-refractivity contribution in [1.82, 2.24) is 15.3 Å². The van der Waals surface area contributed by atoms with E-state index in [2.05, 4.69) is 26.9 Å². The number of benzene rings is 2. The molecule has 0 saturated heterocycles. The smallest absolute Gasteiger partial charge is 0.142 e. The van der Waals surface area contributed by atoms with Crippen LogP contribution in [0.1, 0.15) is 28.8 Å². The van der Waals surface area contributed by atoms with E-state index < -0.39 is 0 Å². The van der Waals surface area contributed by atoms with Crippen molar-refractivity contribution >= 4 is 56.4 Å². The zero-order valence-corrected chi connectivity index (χ0v) is 23.1. The fourth-order valence-electron chi connectivity index (χ4n) is 4.75. The second-order valence-electron chi connectivity index (χ2n) is 9.24. The van der Waals surface area contributed by atoms with Crippen LogP contribution in [0.5, 0.6) is 5.75 Å². The maximum atomic E-state index is 13.4. The first-order valence-electron chi connectivity index (χ1n) is 12.5. The Morgan fingerprint density at radius 3 is 2.95 bits per heavy atom. The third-order valence-electron chi connectivity index (χ3n) is 6.64. The summed E-state index contributed by atoms with van der Waals surface area (Å²) in [6.45, 7) is 2.41. The van der Waals surface area contributed by atoms with Crippen LogP contribution in [0.4, 0.5) is 15.9 Å². The summed E-state index contributed by atoms with van der Waals surface area (Å²) in [4.78, 5) is 11.6. The lowest BCUT2D eigenvalue weighted by molar-refractivity contribution is 0.306. The molecule has 37 heavy (non-hydrogen) atoms. The number of hydrogen-bond donors (Lipinski definition) is 2. The molecule has 1 aliphatic rings. The highest BCUT2D eigenvalue weighted by atomic mass is 35.5. The van der Waals surface area contributed by atoms with E-state index in [-0.39, 0.29) is 12.4 Å². The van der Waals surface area contributed by atoms with Crippen LogP contribution < -0.4 is 15.4 Å². The normalized spacial score (nSPS) is 15.1. The number of thiophene rings is 1. The van der Waals surface area contributed by atoms with E-state index in [0.717, 1.165) is 59.0 Å². The van der Waals surface area contributed by atoms with Crippen LogP contribution in [0.3, 0.4) is 0 Å². The van der Waals surface area contributed by atoms with Gasteiger partial charge in [0.15, 0.2) is 0 Å². The van der Waals surface area contributed by atoms with Gasteiger partial charge in [0.2, 0.25) is 0 Å². The lowest BCUT2D eigenvalue weighted by atomic mass is 9.86. The quantitative estimate of drug-likeness (QED) is 0.190. The van der Waals surface area contributed by atoms with Crippen LogP contribution in [0.25, 0.3) is 10.2 Å². The van der Waals surface area contributed by atoms with Gasteiger partial charge >= 0.3 is 0 Å². The summed E-state index contributed by atoms with van der Waals surface area (Å²) in [6, 6.07) is 11.9. The molecule has 0 spiro atoms. The number of thioether (sulfide) groups is 1. The number of rotatable bonds is 11. The van der Waals surface area contributed by atoms with Crippen LogP contribution in [0.15, 0.2) is 48.8 Å². The topological polar surface area (TPSA) is 59.1 Å². The Labute approximate surface area is 230 Å². The van der Waals surface area contributed by atoms with E-state index in [0.29, 0.717) is 16.7 Å². The molecule has 9 heteroatoms. The van der Waals surface area contributed by atoms with Crippen LogP contribution in [0, 0.1) is 11.7 Å². The average molecular weight is 557 g/mol. The van der Waals surface area contributed by atoms with Gasteiger partial charge in [0.05, 0.1) is 10.4 Å². The molecule has 0 fully saturated rings. The van der Waals surface area contributed by atoms with E-state index in [1.165, 1.54) is 35.4 Å². The molecule has 5 rings (SSSR count). The minimum atomic E-state index is -0.285. The molecule has 0 bridgehead atoms. The average Bonchev–Trinajstić information content (AvgIpc) is 3.27. The summed E-state index contributed by atoms with van der Waals surface area (Å²) < 4.78 is 19.2. The van der Waals surface area contributed by atoms with Crippen LogP contribution in [-0.4, -0.2) is 35.1 Å². The van der Waals surface area contributed by atoms with Crippen molar-refractivity contribution < 1.29 is 9.13 Å². The number of fused-ring (bicyclic) bond motifs is 3. The Morgan fingerprint density at radius 1 is 1.19 bits per heavy atom. The molecule has 2 heterocycles. The second kappa shape index (κ2) is 12.4. The van der Waals surface area contributed by atoms with Crippen molar-refractivity contribution in [3.8, 4) is 5.75 Å². The second-order valence-corrected chi connectivity index (χ2v) is 11.7. The van der Waals surface area contributed by atoms with Gasteiger partial charge in [-0.1, -0.05) is 23.7 Å². The standard InChI is InChI=1S/C28H30ClFN4OS2/c1-36-12-11-31-10-9-18-5-7-22-25(14-18)37-28-26(22)27(32-17-33-28)34-21-6-8-24(23(29)15-21)35-16-19-3-2-4-20(30)13-19/h2-4,6,8,13,15,17-18,31H,5,7,9-12,14,16H2,1H3,(H,32,33,34). The zero-order valence-electron chi connectivity index (χ0n) is 20.7. The van der Waals surface area contributed by atoms with Gasteiger partial charge in [0.25, 0.3) is 0 Å². The van der Waals surface area contributed by atoms with Gasteiger partial charge in [-0.05, 0) is 85.9 Å². The third-order valence-corrected chi connectivity index (χ3v) is 8.71. The fourth-order valence-corrected chi connectivity index (χ4v) is 6.63. The van der Waals surface area contributed by atoms with Gasteiger partial charge in [0.1, 0.15) is 35.1 Å². The monoisotopic (exact) mass is 556 g/mol. The van der Waals surface area contributed by atoms with Crippen LogP contribution >= 0.6 is 34.7 Å². The Hall–Kier alpha value is -2.39. The maximum Gasteiger partial charge on any atom is 0.142 e. The Balaban J connectivity index is 1.26. The molecule has 1 aliphatic carbocycles. The first-order chi connectivity index (χ1) is 18.1. The molecular formula is C28H30ClFN4OS2. The molecule has 0 radical (unpaired) electrons. The molecular weight excluding hydrogens is 527 g/mol. The van der Waals surface area contributed by atoms with Crippen molar-refractivity contribution in [3.05, 3.63) is 75.6 Å². The molecule has 1 atom stereocenters. The predicted octanol–water partition coefficient (Wildman–Crippen LogP) is 7.25. The van der Waals surface area contributed by atoms with Crippen molar-refractivity contribution in [3.63, 3.8) is 0 Å². The first-order valence-corrected chi connectivity index (χ1v) is 15.1. The largest absolute Gasteiger partial charge is 0.487 e. The summed E-state index contributed by atoms with van der Waals surface area (Å²) in [6.07, 6.45) is 8.35. The Kier molecular flexibility index (Phi) is 8.81. The highest BCUT2D eigenvalue weighted by Crippen LogP contribution is 2.41. The molecule has 1 unspecified atom stereocenters. The van der Waals surface area contributed by atoms with Crippen LogP contribution in [0.2, 0.25) is 5.02 Å². The number of nitrogens with zero attached hydrogens (tertiary/aromatic N) is 2. The highest BCUT2D eigenvalue weighted by molar-refractivity contribution is 7.98. The maximum absolute atomic E-state index is 13.4. The van der Waals surface area contributed by atoms with E-state index in [1.807, 2.05) is 36.0 Å². The van der Waals surface area contributed by atoms with E-state index in [9.17, 15) is 4.39 Å². The molecule has 4 aromatic rings. The molecule has 194 valence electrons. The van der Waals surface area contributed by atoms with Gasteiger partial charge in [-0.3, -0.25) is 0 Å². The minimum Gasteiger partial charge on any atom is -0.487 e. The molecule has 2 aromatic carbocycles. The zero-order chi connectivity index (χ0) is 25.6. The summed E-state index contributed by atoms with van der Waals surface area (Å²) in [5.41, 5.74) is 2.96. The minimum absolute atomic E-state index is 0.243. The van der Waals surface area contributed by atoms with Crippen molar-refractivity contribution in [2.24, 2.45) is 5.92 Å². The summed E-state index contributed by atoms with van der Waals surface area (Å²) in [7, 11) is 0. The highest BCUT2D eigenvalue weighted by Gasteiger charge is 2.25. The summed E-state index contributed by atoms with van der Waals surface area (Å²) in [5, 5.41) is 8.62. The molecule has 2 N–H and O–H groups in total. The number of anilines is 2. The van der Waals surface area contributed by atoms with E-state index >= 15 is 0 Å². The summed E-state index contributed by atoms with van der Waals surface area (Å²) >= 11 is 10.2. The number of ether oxygens (including phenoxy) is 1. The van der Waals surface area contributed by atoms with Gasteiger partial charge in [0, 0.05) is 22.9 Å². The number of nitrogens with one attached hydrogen (secondary N) is 2. The third kappa shape index (κ3) is 6.55. The molecule has 2 aromatic heterocycles. The first kappa shape index (κ1) is 26.2. The molecule has 5 nitrogen and oxygen atoms in total. The van der Waals surface area contributed by atoms with Gasteiger partial charge in [-0.2, -0.15) is 11.8 Å². The number of aryl methyl sites for hydroxylation is 1. The van der Waals surface area contributed by atoms with Crippen molar-refractivity contribution in [2.45, 2.75) is 32.3 Å². The summed E-state index contributed by atoms with van der Waals surface area (Å²) in [5.74, 6) is 2.95. The van der Waals surface area contributed by atoms with Crippen LogP contribution in [-0.2, 0) is 19.4 Å². The Bertz CT molecular complexity index is 1370. The molecule has 0 amide bonds. The van der Waals surface area contributed by atoms with Gasteiger partial charge < -0.3 is 15.4 Å². The van der Waals surface area contributed by atoms with Gasteiger partial charge in [-0.25, -0.2) is 14.4 Å². The van der Waals surface area contributed by atoms with Crippen molar-refractivity contribution in [2.75, 3.05) is 30.4 Å². The Morgan fingerprint density at radius 2 is 2.11 bits per heavy atom. The SMILES string of the molecule is CSCCNCCC1CCc2c(sc3ncnc(Nc4ccc(OCc5cccc(F)c5)c(Cl)c4)c23)C1. The van der Waals surface area contributed by atoms with E-state index in [1.54, 1.807) is 23.7 Å². The molecule has 0 saturated carbocycles. The number of halogens is 2. The number of hydrogen-bond acceptors (Lipinski definition) is 7. The lowest BCUT2D eigenvalue weighted by Crippen LogP contribution is -2.23. The van der Waals surface area contributed by atoms with Gasteiger partial charge in [-0.15, -0.1) is 11.3 Å². The number of aromatic nitrogens is 2. The predicted molar refractivity (Wildman–Crippen MR) is 154 cm³/mol.